The number of halogens is 1. The lowest BCUT2D eigenvalue weighted by Crippen LogP contribution is -2.19. The first-order chi connectivity index (χ1) is 10.2. The van der Waals surface area contributed by atoms with Gasteiger partial charge < -0.3 is 19.3 Å². The van der Waals surface area contributed by atoms with Crippen LogP contribution in [-0.4, -0.2) is 32.0 Å². The molecule has 21 heavy (non-hydrogen) atoms. The van der Waals surface area contributed by atoms with Crippen LogP contribution in [0.3, 0.4) is 0 Å². The molecule has 1 saturated heterocycles. The van der Waals surface area contributed by atoms with Gasteiger partial charge in [-0.1, -0.05) is 0 Å². The number of ether oxygens (including phenoxy) is 3. The molecule has 0 bridgehead atoms. The quantitative estimate of drug-likeness (QED) is 0.838. The Balaban J connectivity index is 2.04. The van der Waals surface area contributed by atoms with E-state index in [1.165, 1.54) is 6.42 Å². The lowest BCUT2D eigenvalue weighted by molar-refractivity contribution is 0.00197. The zero-order chi connectivity index (χ0) is 15.2. The molecule has 1 aliphatic rings. The van der Waals surface area contributed by atoms with E-state index < -0.39 is 6.10 Å². The summed E-state index contributed by atoms with van der Waals surface area (Å²) in [5.74, 6) is 1.32. The molecule has 4 nitrogen and oxygen atoms in total. The van der Waals surface area contributed by atoms with Crippen LogP contribution in [0.2, 0.25) is 0 Å². The Hall–Kier alpha value is -0.780. The van der Waals surface area contributed by atoms with Crippen LogP contribution in [-0.2, 0) is 4.74 Å². The highest BCUT2D eigenvalue weighted by molar-refractivity contribution is 9.10. The Morgan fingerprint density at radius 1 is 1.33 bits per heavy atom. The van der Waals surface area contributed by atoms with E-state index in [1.807, 2.05) is 12.1 Å². The number of hydrogen-bond acceptors (Lipinski definition) is 4. The predicted octanol–water partition coefficient (Wildman–Crippen LogP) is 3.85. The molecule has 1 fully saturated rings. The van der Waals surface area contributed by atoms with Crippen molar-refractivity contribution in [2.75, 3.05) is 20.8 Å². The van der Waals surface area contributed by atoms with Crippen molar-refractivity contribution in [2.24, 2.45) is 0 Å². The largest absolute Gasteiger partial charge is 0.495 e. The third-order valence-electron chi connectivity index (χ3n) is 3.91. The van der Waals surface area contributed by atoms with Crippen LogP contribution in [0, 0.1) is 0 Å². The smallest absolute Gasteiger partial charge is 0.142 e. The van der Waals surface area contributed by atoms with E-state index in [-0.39, 0.29) is 6.10 Å². The average molecular weight is 359 g/mol. The predicted molar refractivity (Wildman–Crippen MR) is 85.0 cm³/mol. The van der Waals surface area contributed by atoms with Crippen molar-refractivity contribution in [3.8, 4) is 11.5 Å². The van der Waals surface area contributed by atoms with Gasteiger partial charge in [0, 0.05) is 12.2 Å². The minimum Gasteiger partial charge on any atom is -0.495 e. The molecular weight excluding hydrogens is 336 g/mol. The maximum Gasteiger partial charge on any atom is 0.142 e. The fourth-order valence-electron chi connectivity index (χ4n) is 2.71. The van der Waals surface area contributed by atoms with Gasteiger partial charge in [0.1, 0.15) is 16.0 Å². The van der Waals surface area contributed by atoms with Crippen molar-refractivity contribution >= 4 is 15.9 Å². The number of methoxy groups -OCH3 is 2. The van der Waals surface area contributed by atoms with Gasteiger partial charge in [-0.05, 0) is 60.2 Å². The second kappa shape index (κ2) is 8.01. The van der Waals surface area contributed by atoms with E-state index in [0.29, 0.717) is 17.9 Å². The molecule has 0 radical (unpaired) electrons. The van der Waals surface area contributed by atoms with Crippen LogP contribution < -0.4 is 9.47 Å². The molecule has 2 atom stereocenters. The van der Waals surface area contributed by atoms with Gasteiger partial charge in [0.15, 0.2) is 0 Å². The molecule has 0 saturated carbocycles. The van der Waals surface area contributed by atoms with Crippen molar-refractivity contribution in [3.05, 3.63) is 22.2 Å². The molecule has 1 heterocycles. The van der Waals surface area contributed by atoms with E-state index in [2.05, 4.69) is 15.9 Å². The topological polar surface area (TPSA) is 47.9 Å². The highest BCUT2D eigenvalue weighted by Crippen LogP contribution is 2.40. The van der Waals surface area contributed by atoms with Crippen molar-refractivity contribution < 1.29 is 19.3 Å². The normalized spacial score (nSPS) is 20.1. The Kier molecular flexibility index (Phi) is 6.33. The molecule has 5 heteroatoms. The molecule has 1 aromatic rings. The fraction of sp³-hybridized carbons (Fsp3) is 0.625. The molecular formula is C16H23BrO4. The van der Waals surface area contributed by atoms with Gasteiger partial charge in [-0.3, -0.25) is 0 Å². The minimum absolute atomic E-state index is 0.279. The first-order valence-corrected chi connectivity index (χ1v) is 8.16. The Bertz CT molecular complexity index is 458. The zero-order valence-corrected chi connectivity index (χ0v) is 14.2. The SMILES string of the molecule is COc1ccc(C(O)CCC2CCCCO2)c(OC)c1Br. The highest BCUT2D eigenvalue weighted by Gasteiger charge is 2.21. The number of hydrogen-bond donors (Lipinski definition) is 1. The van der Waals surface area contributed by atoms with E-state index in [0.717, 1.165) is 35.9 Å². The molecule has 2 unspecified atom stereocenters. The first-order valence-electron chi connectivity index (χ1n) is 7.37. The Morgan fingerprint density at radius 3 is 2.76 bits per heavy atom. The standard InChI is InChI=1S/C16H23BrO4/c1-19-14-9-7-12(16(20-2)15(14)17)13(18)8-6-11-5-3-4-10-21-11/h7,9,11,13,18H,3-6,8,10H2,1-2H3. The maximum absolute atomic E-state index is 10.5. The summed E-state index contributed by atoms with van der Waals surface area (Å²) >= 11 is 3.46. The summed E-state index contributed by atoms with van der Waals surface area (Å²) in [4.78, 5) is 0. The lowest BCUT2D eigenvalue weighted by atomic mass is 9.98. The van der Waals surface area contributed by atoms with E-state index >= 15 is 0 Å². The molecule has 1 aliphatic heterocycles. The van der Waals surface area contributed by atoms with Gasteiger partial charge in [-0.2, -0.15) is 0 Å². The summed E-state index contributed by atoms with van der Waals surface area (Å²) in [5, 5.41) is 10.5. The van der Waals surface area contributed by atoms with Crippen LogP contribution in [0.1, 0.15) is 43.8 Å². The van der Waals surface area contributed by atoms with Crippen molar-refractivity contribution in [2.45, 2.75) is 44.3 Å². The number of aliphatic hydroxyl groups is 1. The summed E-state index contributed by atoms with van der Waals surface area (Å²) in [5.41, 5.74) is 0.779. The van der Waals surface area contributed by atoms with Gasteiger partial charge >= 0.3 is 0 Å². The fourth-order valence-corrected chi connectivity index (χ4v) is 3.40. The third-order valence-corrected chi connectivity index (χ3v) is 4.66. The molecule has 0 aromatic heterocycles. The van der Waals surface area contributed by atoms with E-state index in [1.54, 1.807) is 14.2 Å². The molecule has 1 N–H and O–H groups in total. The summed E-state index contributed by atoms with van der Waals surface area (Å²) in [7, 11) is 3.20. The number of benzene rings is 1. The summed E-state index contributed by atoms with van der Waals surface area (Å²) < 4.78 is 17.1. The summed E-state index contributed by atoms with van der Waals surface area (Å²) in [6.45, 7) is 0.845. The van der Waals surface area contributed by atoms with Crippen molar-refractivity contribution in [1.29, 1.82) is 0 Å². The summed E-state index contributed by atoms with van der Waals surface area (Å²) in [6, 6.07) is 3.69. The van der Waals surface area contributed by atoms with Gasteiger partial charge in [0.25, 0.3) is 0 Å². The van der Waals surface area contributed by atoms with E-state index in [9.17, 15) is 5.11 Å². The average Bonchev–Trinajstić information content (AvgIpc) is 2.53. The van der Waals surface area contributed by atoms with Gasteiger partial charge in [0.2, 0.25) is 0 Å². The highest BCUT2D eigenvalue weighted by atomic mass is 79.9. The third kappa shape index (κ3) is 4.11. The van der Waals surface area contributed by atoms with Crippen LogP contribution in [0.5, 0.6) is 11.5 Å². The van der Waals surface area contributed by atoms with Crippen LogP contribution >= 0.6 is 15.9 Å². The molecule has 2 rings (SSSR count). The second-order valence-corrected chi connectivity index (χ2v) is 6.08. The number of aliphatic hydroxyl groups excluding tert-OH is 1. The zero-order valence-electron chi connectivity index (χ0n) is 12.6. The van der Waals surface area contributed by atoms with Gasteiger partial charge in [0.05, 0.1) is 26.4 Å². The monoisotopic (exact) mass is 358 g/mol. The molecule has 1 aromatic carbocycles. The minimum atomic E-state index is -0.562. The second-order valence-electron chi connectivity index (χ2n) is 5.29. The Labute approximate surface area is 134 Å². The maximum atomic E-state index is 10.5. The van der Waals surface area contributed by atoms with Gasteiger partial charge in [-0.15, -0.1) is 0 Å². The van der Waals surface area contributed by atoms with Gasteiger partial charge in [-0.25, -0.2) is 0 Å². The molecule has 0 aliphatic carbocycles. The van der Waals surface area contributed by atoms with Crippen LogP contribution in [0.25, 0.3) is 0 Å². The summed E-state index contributed by atoms with van der Waals surface area (Å²) in [6.07, 6.45) is 4.72. The Morgan fingerprint density at radius 2 is 2.14 bits per heavy atom. The molecule has 0 amide bonds. The van der Waals surface area contributed by atoms with Crippen LogP contribution in [0.15, 0.2) is 16.6 Å². The first kappa shape index (κ1) is 16.6. The molecule has 0 spiro atoms. The molecule has 118 valence electrons. The van der Waals surface area contributed by atoms with Crippen molar-refractivity contribution in [3.63, 3.8) is 0 Å². The van der Waals surface area contributed by atoms with Crippen LogP contribution in [0.4, 0.5) is 0 Å². The van der Waals surface area contributed by atoms with Crippen molar-refractivity contribution in [1.82, 2.24) is 0 Å². The lowest BCUT2D eigenvalue weighted by Gasteiger charge is -2.24. The van der Waals surface area contributed by atoms with E-state index in [4.69, 9.17) is 14.2 Å². The number of rotatable bonds is 6.